The fourth-order valence-corrected chi connectivity index (χ4v) is 3.88. The van der Waals surface area contributed by atoms with Crippen LogP contribution in [-0.2, 0) is 19.0 Å². The van der Waals surface area contributed by atoms with E-state index in [1.54, 1.807) is 17.1 Å². The number of rotatable bonds is 11. The highest BCUT2D eigenvalue weighted by atomic mass is 35.5. The summed E-state index contributed by atoms with van der Waals surface area (Å²) in [5, 5.41) is 12.8. The Bertz CT molecular complexity index is 1010. The molecule has 0 atom stereocenters. The van der Waals surface area contributed by atoms with Crippen LogP contribution in [0.3, 0.4) is 0 Å². The number of halogens is 2. The van der Waals surface area contributed by atoms with Crippen LogP contribution in [0.4, 0.5) is 10.5 Å². The Kier molecular flexibility index (Phi) is 11.0. The lowest BCUT2D eigenvalue weighted by atomic mass is 10.2. The third-order valence-corrected chi connectivity index (χ3v) is 6.12. The minimum atomic E-state index is -0.519. The molecule has 2 N–H and O–H groups in total. The number of amidine groups is 1. The predicted octanol–water partition coefficient (Wildman–Crippen LogP) is 3.43. The lowest BCUT2D eigenvalue weighted by Crippen LogP contribution is -2.34. The summed E-state index contributed by atoms with van der Waals surface area (Å²) >= 11 is 12.1. The number of hydrazone groups is 1. The number of carbonyl (C=O) groups is 2. The predicted molar refractivity (Wildman–Crippen MR) is 144 cm³/mol. The van der Waals surface area contributed by atoms with Gasteiger partial charge in [0, 0.05) is 44.7 Å². The summed E-state index contributed by atoms with van der Waals surface area (Å²) in [5.74, 6) is 0.492. The molecule has 0 aliphatic carbocycles. The normalized spacial score (nSPS) is 16.0. The number of hydrogen-bond donors (Lipinski definition) is 2. The van der Waals surface area contributed by atoms with Crippen LogP contribution in [0.25, 0.3) is 0 Å². The first-order valence-electron chi connectivity index (χ1n) is 12.3. The zero-order chi connectivity index (χ0) is 26.8. The molecule has 2 amide bonds. The summed E-state index contributed by atoms with van der Waals surface area (Å²) in [7, 11) is 0. The quantitative estimate of drug-likeness (QED) is 0.403. The number of carbonyl (C=O) groups excluding carboxylic acids is 2. The molecule has 2 aliphatic heterocycles. The fourth-order valence-electron chi connectivity index (χ4n) is 3.59. The van der Waals surface area contributed by atoms with Gasteiger partial charge >= 0.3 is 6.09 Å². The van der Waals surface area contributed by atoms with E-state index in [4.69, 9.17) is 37.4 Å². The topological polar surface area (TPSA) is 105 Å². The van der Waals surface area contributed by atoms with Gasteiger partial charge in [0.2, 0.25) is 0 Å². The van der Waals surface area contributed by atoms with Crippen molar-refractivity contribution in [1.29, 1.82) is 0 Å². The van der Waals surface area contributed by atoms with Crippen molar-refractivity contribution < 1.29 is 23.8 Å². The van der Waals surface area contributed by atoms with E-state index in [9.17, 15) is 9.59 Å². The summed E-state index contributed by atoms with van der Waals surface area (Å²) < 4.78 is 16.2. The number of anilines is 1. The van der Waals surface area contributed by atoms with Crippen LogP contribution in [0.1, 0.15) is 27.2 Å². The number of ether oxygens (including phenoxy) is 3. The van der Waals surface area contributed by atoms with E-state index >= 15 is 0 Å². The van der Waals surface area contributed by atoms with Gasteiger partial charge < -0.3 is 24.8 Å². The molecule has 0 spiro atoms. The third-order valence-electron chi connectivity index (χ3n) is 5.38. The van der Waals surface area contributed by atoms with Gasteiger partial charge in [-0.25, -0.2) is 4.79 Å². The maximum atomic E-state index is 12.7. The van der Waals surface area contributed by atoms with Gasteiger partial charge in [-0.1, -0.05) is 29.3 Å². The molecular formula is C25H35Cl2N5O5. The van der Waals surface area contributed by atoms with Crippen LogP contribution in [0.5, 0.6) is 0 Å². The molecule has 0 radical (unpaired) electrons. The Morgan fingerprint density at radius 2 is 1.84 bits per heavy atom. The lowest BCUT2D eigenvalue weighted by molar-refractivity contribution is -0.116. The van der Waals surface area contributed by atoms with Crippen molar-refractivity contribution in [2.45, 2.75) is 32.8 Å². The molecule has 0 unspecified atom stereocenters. The van der Waals surface area contributed by atoms with E-state index in [0.717, 1.165) is 11.3 Å². The second-order valence-corrected chi connectivity index (χ2v) is 10.4. The molecule has 2 heterocycles. The summed E-state index contributed by atoms with van der Waals surface area (Å²) in [6.07, 6.45) is 2.11. The molecule has 0 bridgehead atoms. The van der Waals surface area contributed by atoms with Gasteiger partial charge in [0.05, 0.1) is 42.2 Å². The highest BCUT2D eigenvalue weighted by Gasteiger charge is 2.23. The zero-order valence-electron chi connectivity index (χ0n) is 21.5. The Labute approximate surface area is 227 Å². The Morgan fingerprint density at radius 1 is 1.08 bits per heavy atom. The van der Waals surface area contributed by atoms with Crippen molar-refractivity contribution in [3.63, 3.8) is 0 Å². The second-order valence-electron chi connectivity index (χ2n) is 9.59. The van der Waals surface area contributed by atoms with E-state index < -0.39 is 11.7 Å². The van der Waals surface area contributed by atoms with Gasteiger partial charge in [0.1, 0.15) is 11.4 Å². The molecule has 3 rings (SSSR count). The Hall–Kier alpha value is -2.37. The van der Waals surface area contributed by atoms with E-state index in [2.05, 4.69) is 20.6 Å². The Morgan fingerprint density at radius 3 is 2.57 bits per heavy atom. The minimum absolute atomic E-state index is 0.133. The number of nitrogens with one attached hydrogen (secondary N) is 2. The van der Waals surface area contributed by atoms with Gasteiger partial charge in [0.15, 0.2) is 0 Å². The first kappa shape index (κ1) is 29.2. The van der Waals surface area contributed by atoms with E-state index in [1.165, 1.54) is 0 Å². The van der Waals surface area contributed by atoms with Crippen molar-refractivity contribution in [2.75, 3.05) is 64.2 Å². The first-order chi connectivity index (χ1) is 17.6. The molecule has 1 aromatic carbocycles. The summed E-state index contributed by atoms with van der Waals surface area (Å²) in [6.45, 7) is 10.2. The van der Waals surface area contributed by atoms with Crippen molar-refractivity contribution in [3.8, 4) is 0 Å². The molecule has 0 saturated carbocycles. The average Bonchev–Trinajstić information content (AvgIpc) is 3.48. The largest absolute Gasteiger partial charge is 0.444 e. The number of nitrogens with zero attached hydrogens (tertiary/aromatic N) is 3. The highest BCUT2D eigenvalue weighted by Crippen LogP contribution is 2.28. The van der Waals surface area contributed by atoms with Crippen molar-refractivity contribution in [1.82, 2.24) is 15.5 Å². The molecule has 10 nitrogen and oxygen atoms in total. The van der Waals surface area contributed by atoms with Crippen molar-refractivity contribution in [3.05, 3.63) is 39.9 Å². The van der Waals surface area contributed by atoms with Crippen molar-refractivity contribution >= 4 is 46.7 Å². The lowest BCUT2D eigenvalue weighted by Gasteiger charge is -2.19. The molecule has 37 heavy (non-hydrogen) atoms. The van der Waals surface area contributed by atoms with Crippen LogP contribution in [0.2, 0.25) is 10.0 Å². The van der Waals surface area contributed by atoms with Crippen LogP contribution >= 0.6 is 23.2 Å². The van der Waals surface area contributed by atoms with Crippen LogP contribution < -0.4 is 15.6 Å². The van der Waals surface area contributed by atoms with Crippen molar-refractivity contribution in [2.24, 2.45) is 5.10 Å². The van der Waals surface area contributed by atoms with Gasteiger partial charge in [-0.2, -0.15) is 5.10 Å². The smallest absolute Gasteiger partial charge is 0.407 e. The van der Waals surface area contributed by atoms with Gasteiger partial charge in [-0.3, -0.25) is 14.7 Å². The maximum Gasteiger partial charge on any atom is 0.407 e. The molecule has 0 saturated heterocycles. The van der Waals surface area contributed by atoms with E-state index in [-0.39, 0.29) is 5.91 Å². The molecule has 12 heteroatoms. The average molecular weight is 556 g/mol. The standard InChI is InChI=1S/C25H35Cl2N5O5/c1-25(2,3)37-24(34)28-8-12-35-14-15-36-13-11-31-9-6-18(17-31)23(33)29-22-7-10-32(30-22)19-4-5-20(26)21(27)16-19/h4-6,16H,7-15,17H2,1-3H3,(H,28,34)(H,29,30,33). The molecule has 1 aromatic rings. The highest BCUT2D eigenvalue weighted by molar-refractivity contribution is 6.42. The molecule has 0 aromatic heterocycles. The van der Waals surface area contributed by atoms with Gasteiger partial charge in [-0.15, -0.1) is 0 Å². The first-order valence-corrected chi connectivity index (χ1v) is 13.0. The van der Waals surface area contributed by atoms with Gasteiger partial charge in [0.25, 0.3) is 5.91 Å². The van der Waals surface area contributed by atoms with Gasteiger partial charge in [-0.05, 0) is 39.0 Å². The number of alkyl carbamates (subject to hydrolysis) is 1. The molecule has 2 aliphatic rings. The monoisotopic (exact) mass is 555 g/mol. The molecule has 0 fully saturated rings. The summed E-state index contributed by atoms with van der Waals surface area (Å²) in [4.78, 5) is 26.3. The second kappa shape index (κ2) is 14.0. The third kappa shape index (κ3) is 10.1. The molecular weight excluding hydrogens is 521 g/mol. The SMILES string of the molecule is CC(C)(C)OC(=O)NCCOCCOCCN1CC=C(C(=O)NC2=NN(c3ccc(Cl)c(Cl)c3)CC2)C1. The van der Waals surface area contributed by atoms with E-state index in [1.807, 2.05) is 32.9 Å². The Balaban J connectivity index is 1.24. The fraction of sp³-hybridized carbons (Fsp3) is 0.560. The minimum Gasteiger partial charge on any atom is -0.444 e. The summed E-state index contributed by atoms with van der Waals surface area (Å²) in [6, 6.07) is 5.33. The molecule has 204 valence electrons. The number of amides is 2. The maximum absolute atomic E-state index is 12.7. The number of hydrogen-bond acceptors (Lipinski definition) is 8. The number of benzene rings is 1. The van der Waals surface area contributed by atoms with Crippen LogP contribution in [0.15, 0.2) is 34.9 Å². The van der Waals surface area contributed by atoms with Crippen LogP contribution in [-0.4, -0.2) is 87.5 Å². The van der Waals surface area contributed by atoms with Crippen LogP contribution in [0, 0.1) is 0 Å². The zero-order valence-corrected chi connectivity index (χ0v) is 23.0. The summed E-state index contributed by atoms with van der Waals surface area (Å²) in [5.41, 5.74) is 1.03. The van der Waals surface area contributed by atoms with E-state index in [0.29, 0.717) is 81.5 Å².